The molecule has 0 saturated carbocycles. The molecule has 0 radical (unpaired) electrons. The summed E-state index contributed by atoms with van der Waals surface area (Å²) in [5.41, 5.74) is 0.549. The number of para-hydroxylation sites is 1. The molecule has 28 heavy (non-hydrogen) atoms. The van der Waals surface area contributed by atoms with Crippen LogP contribution in [-0.4, -0.2) is 43.8 Å². The van der Waals surface area contributed by atoms with E-state index in [9.17, 15) is 9.18 Å². The predicted octanol–water partition coefficient (Wildman–Crippen LogP) is 2.54. The Morgan fingerprint density at radius 1 is 1.36 bits per heavy atom. The molecule has 0 aliphatic carbocycles. The van der Waals surface area contributed by atoms with Crippen molar-refractivity contribution in [3.05, 3.63) is 59.8 Å². The maximum Gasteiger partial charge on any atom is 0.272 e. The second-order valence-electron chi connectivity index (χ2n) is 6.70. The first-order valence-corrected chi connectivity index (χ1v) is 9.09. The number of rotatable bonds is 5. The number of nitrogens with zero attached hydrogens (tertiary/aromatic N) is 5. The van der Waals surface area contributed by atoms with Gasteiger partial charge in [-0.3, -0.25) is 9.48 Å². The van der Waals surface area contributed by atoms with Gasteiger partial charge in [-0.1, -0.05) is 17.3 Å². The van der Waals surface area contributed by atoms with Crippen LogP contribution in [-0.2, 0) is 13.7 Å². The van der Waals surface area contributed by atoms with Crippen molar-refractivity contribution < 1.29 is 18.4 Å². The molecule has 1 atom stereocenters. The summed E-state index contributed by atoms with van der Waals surface area (Å²) in [6.07, 6.45) is 3.32. The van der Waals surface area contributed by atoms with Gasteiger partial charge >= 0.3 is 0 Å². The average molecular weight is 385 g/mol. The van der Waals surface area contributed by atoms with E-state index in [1.165, 1.54) is 12.1 Å². The molecule has 9 heteroatoms. The molecule has 146 valence electrons. The summed E-state index contributed by atoms with van der Waals surface area (Å²) < 4.78 is 25.8. The Kier molecular flexibility index (Phi) is 5.05. The number of piperidine rings is 1. The van der Waals surface area contributed by atoms with Crippen LogP contribution in [0.15, 0.2) is 41.1 Å². The van der Waals surface area contributed by atoms with E-state index < -0.39 is 5.82 Å². The van der Waals surface area contributed by atoms with Gasteiger partial charge in [0.15, 0.2) is 24.0 Å². The van der Waals surface area contributed by atoms with Crippen molar-refractivity contribution in [2.75, 3.05) is 13.1 Å². The minimum Gasteiger partial charge on any atom is -0.481 e. The molecule has 8 nitrogen and oxygen atoms in total. The van der Waals surface area contributed by atoms with Gasteiger partial charge in [-0.05, 0) is 31.0 Å². The Morgan fingerprint density at radius 2 is 2.21 bits per heavy atom. The van der Waals surface area contributed by atoms with Crippen molar-refractivity contribution in [3.63, 3.8) is 0 Å². The zero-order valence-electron chi connectivity index (χ0n) is 15.4. The number of amides is 1. The van der Waals surface area contributed by atoms with Crippen LogP contribution >= 0.6 is 0 Å². The van der Waals surface area contributed by atoms with Crippen LogP contribution < -0.4 is 4.74 Å². The highest BCUT2D eigenvalue weighted by atomic mass is 19.1. The molecule has 1 aliphatic heterocycles. The number of aromatic nitrogens is 4. The van der Waals surface area contributed by atoms with E-state index in [0.29, 0.717) is 24.6 Å². The van der Waals surface area contributed by atoms with Gasteiger partial charge in [0.05, 0.1) is 0 Å². The first kappa shape index (κ1) is 18.1. The molecule has 1 saturated heterocycles. The minimum atomic E-state index is -0.446. The number of benzene rings is 1. The van der Waals surface area contributed by atoms with Crippen molar-refractivity contribution in [1.29, 1.82) is 0 Å². The zero-order valence-corrected chi connectivity index (χ0v) is 15.4. The van der Waals surface area contributed by atoms with E-state index in [0.717, 1.165) is 12.8 Å². The number of carbonyl (C=O) groups is 1. The molecule has 3 aromatic rings. The minimum absolute atomic E-state index is 0.0156. The third-order valence-electron chi connectivity index (χ3n) is 4.79. The van der Waals surface area contributed by atoms with Crippen LogP contribution in [0.5, 0.6) is 5.75 Å². The predicted molar refractivity (Wildman–Crippen MR) is 96.1 cm³/mol. The fraction of sp³-hybridized carbons (Fsp3) is 0.368. The van der Waals surface area contributed by atoms with E-state index in [1.54, 1.807) is 41.0 Å². The smallest absolute Gasteiger partial charge is 0.272 e. The third-order valence-corrected chi connectivity index (χ3v) is 4.79. The van der Waals surface area contributed by atoms with Crippen molar-refractivity contribution >= 4 is 5.91 Å². The topological polar surface area (TPSA) is 86.3 Å². The molecular weight excluding hydrogens is 365 g/mol. The lowest BCUT2D eigenvalue weighted by Crippen LogP contribution is -2.40. The number of hydrogen-bond acceptors (Lipinski definition) is 6. The highest BCUT2D eigenvalue weighted by Gasteiger charge is 2.29. The highest BCUT2D eigenvalue weighted by molar-refractivity contribution is 5.92. The Balaban J connectivity index is 1.40. The number of hydrogen-bond donors (Lipinski definition) is 0. The summed E-state index contributed by atoms with van der Waals surface area (Å²) in [5, 5.41) is 8.09. The second-order valence-corrected chi connectivity index (χ2v) is 6.70. The first-order valence-electron chi connectivity index (χ1n) is 9.09. The van der Waals surface area contributed by atoms with Crippen molar-refractivity contribution in [3.8, 4) is 5.75 Å². The number of ether oxygens (including phenoxy) is 1. The summed E-state index contributed by atoms with van der Waals surface area (Å²) in [4.78, 5) is 18.9. The molecule has 1 amide bonds. The van der Waals surface area contributed by atoms with E-state index >= 15 is 0 Å². The average Bonchev–Trinajstić information content (AvgIpc) is 3.36. The molecule has 1 unspecified atom stereocenters. The summed E-state index contributed by atoms with van der Waals surface area (Å²) in [6, 6.07) is 7.85. The number of aryl methyl sites for hydroxylation is 1. The van der Waals surface area contributed by atoms with E-state index in [-0.39, 0.29) is 30.1 Å². The standard InChI is InChI=1S/C19H20FN5O3/c1-24-15(8-9-21-24)19(26)25-10-4-5-13(11-25)18-22-17(28-23-18)12-27-16-7-3-2-6-14(16)20/h2-3,6-9,13H,4-5,10-12H2,1H3. The lowest BCUT2D eigenvalue weighted by Gasteiger charge is -2.31. The molecule has 2 aromatic heterocycles. The van der Waals surface area contributed by atoms with Crippen LogP contribution in [0.3, 0.4) is 0 Å². The SMILES string of the molecule is Cn1nccc1C(=O)N1CCCC(c2noc(COc3ccccc3F)n2)C1. The molecular formula is C19H20FN5O3. The Bertz CT molecular complexity index is 970. The third kappa shape index (κ3) is 3.73. The lowest BCUT2D eigenvalue weighted by molar-refractivity contribution is 0.0692. The molecule has 3 heterocycles. The van der Waals surface area contributed by atoms with E-state index in [4.69, 9.17) is 9.26 Å². The van der Waals surface area contributed by atoms with Crippen LogP contribution in [0.2, 0.25) is 0 Å². The molecule has 4 rings (SSSR count). The van der Waals surface area contributed by atoms with Crippen molar-refractivity contribution in [1.82, 2.24) is 24.8 Å². The summed E-state index contributed by atoms with van der Waals surface area (Å²) in [6.45, 7) is 1.18. The highest BCUT2D eigenvalue weighted by Crippen LogP contribution is 2.26. The normalized spacial score (nSPS) is 16.9. The van der Waals surface area contributed by atoms with Crippen LogP contribution in [0.25, 0.3) is 0 Å². The maximum absolute atomic E-state index is 13.6. The van der Waals surface area contributed by atoms with E-state index in [2.05, 4.69) is 15.2 Å². The summed E-state index contributed by atoms with van der Waals surface area (Å²) in [5.74, 6) is 0.419. The van der Waals surface area contributed by atoms with E-state index in [1.807, 2.05) is 0 Å². The number of likely N-dealkylation sites (tertiary alicyclic amines) is 1. The Morgan fingerprint density at radius 3 is 3.00 bits per heavy atom. The van der Waals surface area contributed by atoms with Crippen LogP contribution in [0, 0.1) is 5.82 Å². The Labute approximate surface area is 160 Å². The monoisotopic (exact) mass is 385 g/mol. The lowest BCUT2D eigenvalue weighted by atomic mass is 9.97. The first-order chi connectivity index (χ1) is 13.6. The molecule has 0 spiro atoms. The molecule has 0 bridgehead atoms. The van der Waals surface area contributed by atoms with Gasteiger partial charge in [-0.2, -0.15) is 10.1 Å². The van der Waals surface area contributed by atoms with Crippen molar-refractivity contribution in [2.24, 2.45) is 7.05 Å². The second kappa shape index (κ2) is 7.79. The van der Waals surface area contributed by atoms with Gasteiger partial charge in [0.25, 0.3) is 11.8 Å². The van der Waals surface area contributed by atoms with Crippen LogP contribution in [0.1, 0.15) is 41.0 Å². The fourth-order valence-corrected chi connectivity index (χ4v) is 3.31. The van der Waals surface area contributed by atoms with Gasteiger partial charge in [-0.15, -0.1) is 0 Å². The van der Waals surface area contributed by atoms with Crippen LogP contribution in [0.4, 0.5) is 4.39 Å². The van der Waals surface area contributed by atoms with Gasteiger partial charge in [0, 0.05) is 32.3 Å². The summed E-state index contributed by atoms with van der Waals surface area (Å²) in [7, 11) is 1.75. The van der Waals surface area contributed by atoms with Gasteiger partial charge in [0.1, 0.15) is 5.69 Å². The molecule has 1 aromatic carbocycles. The Hall–Kier alpha value is -3.23. The number of halogens is 1. The zero-order chi connectivity index (χ0) is 19.5. The van der Waals surface area contributed by atoms with Gasteiger partial charge in [-0.25, -0.2) is 4.39 Å². The summed E-state index contributed by atoms with van der Waals surface area (Å²) >= 11 is 0. The van der Waals surface area contributed by atoms with Gasteiger partial charge < -0.3 is 14.2 Å². The van der Waals surface area contributed by atoms with Crippen molar-refractivity contribution in [2.45, 2.75) is 25.4 Å². The quantitative estimate of drug-likeness (QED) is 0.671. The largest absolute Gasteiger partial charge is 0.481 e. The van der Waals surface area contributed by atoms with Gasteiger partial charge in [0.2, 0.25) is 0 Å². The molecule has 1 fully saturated rings. The fourth-order valence-electron chi connectivity index (χ4n) is 3.31. The molecule has 1 aliphatic rings. The molecule has 0 N–H and O–H groups in total. The number of carbonyl (C=O) groups excluding carboxylic acids is 1. The maximum atomic E-state index is 13.6.